The molecule has 0 saturated carbocycles. The summed E-state index contributed by atoms with van der Waals surface area (Å²) in [5, 5.41) is 2.37. The van der Waals surface area contributed by atoms with Gasteiger partial charge in [-0.15, -0.1) is 0 Å². The molecule has 0 radical (unpaired) electrons. The summed E-state index contributed by atoms with van der Waals surface area (Å²) < 4.78 is 15.1. The van der Waals surface area contributed by atoms with Crippen molar-refractivity contribution in [2.24, 2.45) is 0 Å². The van der Waals surface area contributed by atoms with Crippen molar-refractivity contribution in [2.75, 3.05) is 0 Å². The minimum atomic E-state index is -0.207. The average Bonchev–Trinajstić information content (AvgIpc) is 2.53. The lowest BCUT2D eigenvalue weighted by atomic mass is 10.0. The summed E-state index contributed by atoms with van der Waals surface area (Å²) >= 11 is 0. The van der Waals surface area contributed by atoms with E-state index >= 15 is 0 Å². The van der Waals surface area contributed by atoms with Crippen LogP contribution in [-0.4, -0.2) is 0 Å². The second-order valence-corrected chi connectivity index (χ2v) is 5.16. The Bertz CT molecular complexity index is 942. The molecule has 0 atom stereocenters. The van der Waals surface area contributed by atoms with Crippen LogP contribution in [0.25, 0.3) is 27.4 Å². The summed E-state index contributed by atoms with van der Waals surface area (Å²) in [7, 11) is 0. The first-order valence-electron chi connectivity index (χ1n) is 6.89. The zero-order chi connectivity index (χ0) is 14.2. The fraction of sp³-hybridized carbons (Fsp3) is 0. The summed E-state index contributed by atoms with van der Waals surface area (Å²) in [4.78, 5) is 0. The Morgan fingerprint density at radius 2 is 1.52 bits per heavy atom. The van der Waals surface area contributed by atoms with Gasteiger partial charge in [0.1, 0.15) is 5.82 Å². The lowest BCUT2D eigenvalue weighted by molar-refractivity contribution is -0.510. The van der Waals surface area contributed by atoms with Crippen LogP contribution in [0.15, 0.2) is 79.1 Å². The van der Waals surface area contributed by atoms with E-state index in [0.29, 0.717) is 0 Å². The van der Waals surface area contributed by atoms with Gasteiger partial charge in [-0.2, -0.15) is 4.40 Å². The standard InChI is InChI=1S/C19H13FN/c20-18-8-6-14(7-9-18)15-4-5-16-13-21-10-2-1-3-19(21)12-17(16)11-15/h1-13H/q+1. The minimum Gasteiger partial charge on any atom is -0.207 e. The number of rotatable bonds is 1. The van der Waals surface area contributed by atoms with Crippen molar-refractivity contribution in [2.45, 2.75) is 0 Å². The van der Waals surface area contributed by atoms with Crippen molar-refractivity contribution < 1.29 is 8.79 Å². The molecule has 2 aromatic carbocycles. The first-order chi connectivity index (χ1) is 10.3. The van der Waals surface area contributed by atoms with E-state index in [0.717, 1.165) is 16.6 Å². The van der Waals surface area contributed by atoms with Gasteiger partial charge in [-0.05, 0) is 46.8 Å². The maximum absolute atomic E-state index is 13.0. The summed E-state index contributed by atoms with van der Waals surface area (Å²) in [6, 6.07) is 21.3. The molecular weight excluding hydrogens is 261 g/mol. The molecule has 4 aromatic rings. The largest absolute Gasteiger partial charge is 0.211 e. The van der Waals surface area contributed by atoms with Gasteiger partial charge < -0.3 is 0 Å². The van der Waals surface area contributed by atoms with Gasteiger partial charge in [-0.3, -0.25) is 0 Å². The smallest absolute Gasteiger partial charge is 0.207 e. The Kier molecular flexibility index (Phi) is 2.68. The lowest BCUT2D eigenvalue weighted by Crippen LogP contribution is -2.19. The van der Waals surface area contributed by atoms with Gasteiger partial charge in [0.2, 0.25) is 5.52 Å². The van der Waals surface area contributed by atoms with Crippen molar-refractivity contribution in [1.29, 1.82) is 0 Å². The van der Waals surface area contributed by atoms with Crippen molar-refractivity contribution in [3.05, 3.63) is 84.9 Å². The van der Waals surface area contributed by atoms with Gasteiger partial charge in [-0.25, -0.2) is 4.39 Å². The molecule has 0 aliphatic heterocycles. The first kappa shape index (κ1) is 12.0. The van der Waals surface area contributed by atoms with Crippen molar-refractivity contribution in [3.8, 4) is 11.1 Å². The molecule has 4 rings (SSSR count). The van der Waals surface area contributed by atoms with Crippen LogP contribution in [0, 0.1) is 5.82 Å². The number of hydrogen-bond acceptors (Lipinski definition) is 0. The summed E-state index contributed by atoms with van der Waals surface area (Å²) in [6.45, 7) is 0. The molecule has 0 bridgehead atoms. The quantitative estimate of drug-likeness (QED) is 0.358. The average molecular weight is 274 g/mol. The Labute approximate surface area is 121 Å². The SMILES string of the molecule is Fc1ccc(-c2ccc3c[n+]4ccccc4cc3c2)cc1. The van der Waals surface area contributed by atoms with E-state index in [1.165, 1.54) is 22.9 Å². The highest BCUT2D eigenvalue weighted by atomic mass is 19.1. The maximum Gasteiger partial charge on any atom is 0.211 e. The monoisotopic (exact) mass is 274 g/mol. The van der Waals surface area contributed by atoms with Gasteiger partial charge in [-0.1, -0.05) is 18.2 Å². The second kappa shape index (κ2) is 4.67. The molecule has 0 fully saturated rings. The molecule has 2 heterocycles. The molecule has 0 spiro atoms. The zero-order valence-electron chi connectivity index (χ0n) is 11.3. The van der Waals surface area contributed by atoms with Crippen LogP contribution in [0.1, 0.15) is 0 Å². The van der Waals surface area contributed by atoms with E-state index in [1.807, 2.05) is 30.5 Å². The molecule has 2 aromatic heterocycles. The highest BCUT2D eigenvalue weighted by molar-refractivity contribution is 5.88. The third-order valence-electron chi connectivity index (χ3n) is 3.77. The van der Waals surface area contributed by atoms with Crippen LogP contribution < -0.4 is 4.40 Å². The molecule has 0 amide bonds. The van der Waals surface area contributed by atoms with E-state index in [1.54, 1.807) is 0 Å². The number of benzene rings is 2. The molecular formula is C19H13FN+. The molecule has 100 valence electrons. The number of aromatic nitrogens is 1. The fourth-order valence-electron chi connectivity index (χ4n) is 2.66. The van der Waals surface area contributed by atoms with Crippen molar-refractivity contribution in [1.82, 2.24) is 0 Å². The number of pyridine rings is 2. The van der Waals surface area contributed by atoms with E-state index in [-0.39, 0.29) is 5.82 Å². The number of hydrogen-bond donors (Lipinski definition) is 0. The lowest BCUT2D eigenvalue weighted by Gasteiger charge is -2.03. The van der Waals surface area contributed by atoms with Gasteiger partial charge in [0.05, 0.1) is 0 Å². The molecule has 0 aliphatic rings. The zero-order valence-corrected chi connectivity index (χ0v) is 11.3. The van der Waals surface area contributed by atoms with Gasteiger partial charge in [0.25, 0.3) is 0 Å². The number of nitrogens with zero attached hydrogens (tertiary/aromatic N) is 1. The van der Waals surface area contributed by atoms with Crippen LogP contribution in [0.4, 0.5) is 4.39 Å². The van der Waals surface area contributed by atoms with Crippen molar-refractivity contribution in [3.63, 3.8) is 0 Å². The molecule has 0 N–H and O–H groups in total. The van der Waals surface area contributed by atoms with Crippen LogP contribution in [0.3, 0.4) is 0 Å². The third-order valence-corrected chi connectivity index (χ3v) is 3.77. The first-order valence-corrected chi connectivity index (χ1v) is 6.89. The topological polar surface area (TPSA) is 4.10 Å². The highest BCUT2D eigenvalue weighted by Crippen LogP contribution is 2.24. The molecule has 0 aliphatic carbocycles. The Morgan fingerprint density at radius 1 is 0.714 bits per heavy atom. The molecule has 0 saturated heterocycles. The molecule has 2 heteroatoms. The van der Waals surface area contributed by atoms with Gasteiger partial charge >= 0.3 is 0 Å². The number of halogens is 1. The van der Waals surface area contributed by atoms with E-state index in [9.17, 15) is 4.39 Å². The predicted molar refractivity (Wildman–Crippen MR) is 82.5 cm³/mol. The third kappa shape index (κ3) is 2.15. The van der Waals surface area contributed by atoms with E-state index < -0.39 is 0 Å². The van der Waals surface area contributed by atoms with Crippen LogP contribution >= 0.6 is 0 Å². The van der Waals surface area contributed by atoms with Crippen LogP contribution in [-0.2, 0) is 0 Å². The predicted octanol–water partition coefficient (Wildman–Crippen LogP) is 4.38. The van der Waals surface area contributed by atoms with Gasteiger partial charge in [0, 0.05) is 23.6 Å². The van der Waals surface area contributed by atoms with Crippen molar-refractivity contribution >= 4 is 16.3 Å². The Hall–Kier alpha value is -2.74. The molecule has 1 nitrogen and oxygen atoms in total. The molecule has 21 heavy (non-hydrogen) atoms. The van der Waals surface area contributed by atoms with Crippen LogP contribution in [0.5, 0.6) is 0 Å². The summed E-state index contributed by atoms with van der Waals surface area (Å²) in [5.41, 5.74) is 3.28. The normalized spacial score (nSPS) is 11.1. The Morgan fingerprint density at radius 3 is 2.38 bits per heavy atom. The van der Waals surface area contributed by atoms with E-state index in [2.05, 4.69) is 40.9 Å². The number of fused-ring (bicyclic) bond motifs is 2. The minimum absolute atomic E-state index is 0.207. The second-order valence-electron chi connectivity index (χ2n) is 5.16. The maximum atomic E-state index is 13.0. The summed E-state index contributed by atoms with van der Waals surface area (Å²) in [6.07, 6.45) is 4.17. The summed E-state index contributed by atoms with van der Waals surface area (Å²) in [5.74, 6) is -0.207. The Balaban J connectivity index is 1.92. The molecule has 0 unspecified atom stereocenters. The van der Waals surface area contributed by atoms with Crippen LogP contribution in [0.2, 0.25) is 0 Å². The van der Waals surface area contributed by atoms with Gasteiger partial charge in [0.15, 0.2) is 12.4 Å². The highest BCUT2D eigenvalue weighted by Gasteiger charge is 2.06. The van der Waals surface area contributed by atoms with E-state index in [4.69, 9.17) is 0 Å². The fourth-order valence-corrected chi connectivity index (χ4v) is 2.66.